The standard InChI is InChI=1S/C12H16FNO3S/c1-12(7-4-8-17-12)9-14-18(15,16)11-6-3-2-5-10(11)13/h2-3,5-6,14H,4,7-9H2,1H3. The van der Waals surface area contributed by atoms with E-state index in [1.54, 1.807) is 0 Å². The number of hydrogen-bond donors (Lipinski definition) is 1. The lowest BCUT2D eigenvalue weighted by molar-refractivity contribution is 0.0250. The molecule has 0 aliphatic carbocycles. The van der Waals surface area contributed by atoms with Crippen LogP contribution in [0.5, 0.6) is 0 Å². The number of rotatable bonds is 4. The molecule has 0 amide bonds. The average Bonchev–Trinajstić information content (AvgIpc) is 2.75. The summed E-state index contributed by atoms with van der Waals surface area (Å²) in [6.45, 7) is 2.64. The third kappa shape index (κ3) is 2.88. The van der Waals surface area contributed by atoms with Crippen LogP contribution in [0, 0.1) is 5.82 Å². The molecule has 1 atom stereocenters. The number of ether oxygens (including phenoxy) is 1. The number of sulfonamides is 1. The van der Waals surface area contributed by atoms with Gasteiger partial charge in [0.05, 0.1) is 5.60 Å². The molecule has 100 valence electrons. The first-order valence-electron chi connectivity index (χ1n) is 5.81. The smallest absolute Gasteiger partial charge is 0.243 e. The molecule has 0 spiro atoms. The van der Waals surface area contributed by atoms with Crippen molar-refractivity contribution >= 4 is 10.0 Å². The fraction of sp³-hybridized carbons (Fsp3) is 0.500. The second-order valence-corrected chi connectivity index (χ2v) is 6.39. The highest BCUT2D eigenvalue weighted by molar-refractivity contribution is 7.89. The van der Waals surface area contributed by atoms with Gasteiger partial charge >= 0.3 is 0 Å². The van der Waals surface area contributed by atoms with Gasteiger partial charge in [-0.2, -0.15) is 0 Å². The predicted molar refractivity (Wildman–Crippen MR) is 65.2 cm³/mol. The van der Waals surface area contributed by atoms with Gasteiger partial charge in [-0.25, -0.2) is 17.5 Å². The van der Waals surface area contributed by atoms with E-state index in [9.17, 15) is 12.8 Å². The van der Waals surface area contributed by atoms with Crippen LogP contribution in [0.15, 0.2) is 29.2 Å². The van der Waals surface area contributed by atoms with E-state index >= 15 is 0 Å². The summed E-state index contributed by atoms with van der Waals surface area (Å²) in [5, 5.41) is 0. The highest BCUT2D eigenvalue weighted by Crippen LogP contribution is 2.24. The first-order chi connectivity index (χ1) is 8.43. The average molecular weight is 273 g/mol. The topological polar surface area (TPSA) is 55.4 Å². The van der Waals surface area contributed by atoms with E-state index in [-0.39, 0.29) is 11.4 Å². The van der Waals surface area contributed by atoms with Gasteiger partial charge in [0.15, 0.2) is 0 Å². The lowest BCUT2D eigenvalue weighted by atomic mass is 10.0. The summed E-state index contributed by atoms with van der Waals surface area (Å²) in [7, 11) is -3.82. The first kappa shape index (κ1) is 13.5. The molecule has 1 aromatic rings. The molecule has 1 aliphatic rings. The molecule has 1 N–H and O–H groups in total. The van der Waals surface area contributed by atoms with Crippen molar-refractivity contribution in [2.24, 2.45) is 0 Å². The van der Waals surface area contributed by atoms with Crippen LogP contribution < -0.4 is 4.72 Å². The van der Waals surface area contributed by atoms with Gasteiger partial charge in [-0.05, 0) is 31.9 Å². The molecule has 4 nitrogen and oxygen atoms in total. The molecule has 1 heterocycles. The molecule has 1 unspecified atom stereocenters. The van der Waals surface area contributed by atoms with Gasteiger partial charge in [-0.1, -0.05) is 12.1 Å². The Morgan fingerprint density at radius 3 is 2.78 bits per heavy atom. The zero-order valence-corrected chi connectivity index (χ0v) is 11.0. The van der Waals surface area contributed by atoms with Gasteiger partial charge < -0.3 is 4.74 Å². The summed E-state index contributed by atoms with van der Waals surface area (Å²) in [5.41, 5.74) is -0.488. The second kappa shape index (κ2) is 4.95. The Morgan fingerprint density at radius 1 is 1.44 bits per heavy atom. The van der Waals surface area contributed by atoms with E-state index in [0.717, 1.165) is 18.9 Å². The van der Waals surface area contributed by atoms with Crippen molar-refractivity contribution in [1.29, 1.82) is 0 Å². The van der Waals surface area contributed by atoms with E-state index < -0.39 is 21.4 Å². The van der Waals surface area contributed by atoms with E-state index in [2.05, 4.69) is 4.72 Å². The van der Waals surface area contributed by atoms with Gasteiger partial charge in [0.1, 0.15) is 10.7 Å². The SMILES string of the molecule is CC1(CNS(=O)(=O)c2ccccc2F)CCCO1. The van der Waals surface area contributed by atoms with E-state index in [1.807, 2.05) is 6.92 Å². The van der Waals surface area contributed by atoms with Crippen LogP contribution in [0.25, 0.3) is 0 Å². The molecule has 0 bridgehead atoms. The number of nitrogens with one attached hydrogen (secondary N) is 1. The Morgan fingerprint density at radius 2 is 2.17 bits per heavy atom. The van der Waals surface area contributed by atoms with Crippen LogP contribution in [0.1, 0.15) is 19.8 Å². The Kier molecular flexibility index (Phi) is 3.70. The van der Waals surface area contributed by atoms with Crippen molar-refractivity contribution in [1.82, 2.24) is 4.72 Å². The minimum Gasteiger partial charge on any atom is -0.374 e. The Hall–Kier alpha value is -0.980. The predicted octanol–water partition coefficient (Wildman–Crippen LogP) is 1.67. The molecule has 1 aromatic carbocycles. The van der Waals surface area contributed by atoms with Crippen molar-refractivity contribution in [3.63, 3.8) is 0 Å². The van der Waals surface area contributed by atoms with Gasteiger partial charge in [-0.15, -0.1) is 0 Å². The maximum Gasteiger partial charge on any atom is 0.243 e. The van der Waals surface area contributed by atoms with E-state index in [1.165, 1.54) is 18.2 Å². The fourth-order valence-corrected chi connectivity index (χ4v) is 3.20. The zero-order valence-electron chi connectivity index (χ0n) is 10.1. The number of halogens is 1. The van der Waals surface area contributed by atoms with Crippen molar-refractivity contribution in [3.05, 3.63) is 30.1 Å². The molecule has 0 saturated carbocycles. The fourth-order valence-electron chi connectivity index (χ4n) is 1.96. The molecule has 6 heteroatoms. The largest absolute Gasteiger partial charge is 0.374 e. The summed E-state index contributed by atoms with van der Waals surface area (Å²) in [5.74, 6) is -0.748. The summed E-state index contributed by atoms with van der Waals surface area (Å²) >= 11 is 0. The Bertz CT molecular complexity index is 524. The molecule has 1 fully saturated rings. The molecule has 18 heavy (non-hydrogen) atoms. The van der Waals surface area contributed by atoms with Crippen LogP contribution in [0.2, 0.25) is 0 Å². The van der Waals surface area contributed by atoms with Crippen LogP contribution in [-0.2, 0) is 14.8 Å². The molecular formula is C12H16FNO3S. The van der Waals surface area contributed by atoms with Crippen LogP contribution in [-0.4, -0.2) is 27.2 Å². The maximum atomic E-state index is 13.4. The third-order valence-electron chi connectivity index (χ3n) is 3.06. The highest BCUT2D eigenvalue weighted by atomic mass is 32.2. The quantitative estimate of drug-likeness (QED) is 0.908. The summed E-state index contributed by atoms with van der Waals surface area (Å²) in [4.78, 5) is -0.327. The third-order valence-corrected chi connectivity index (χ3v) is 4.50. The molecule has 1 saturated heterocycles. The molecule has 0 radical (unpaired) electrons. The van der Waals surface area contributed by atoms with Crippen LogP contribution in [0.4, 0.5) is 4.39 Å². The summed E-state index contributed by atoms with van der Waals surface area (Å²) in [6.07, 6.45) is 1.71. The van der Waals surface area contributed by atoms with Gasteiger partial charge in [0, 0.05) is 13.2 Å². The van der Waals surface area contributed by atoms with Crippen molar-refractivity contribution in [2.45, 2.75) is 30.3 Å². The van der Waals surface area contributed by atoms with Crippen molar-refractivity contribution in [2.75, 3.05) is 13.2 Å². The van der Waals surface area contributed by atoms with Gasteiger partial charge in [0.25, 0.3) is 0 Å². The lowest BCUT2D eigenvalue weighted by Crippen LogP contribution is -2.40. The maximum absolute atomic E-state index is 13.4. The molecular weight excluding hydrogens is 257 g/mol. The molecule has 2 rings (SSSR count). The minimum atomic E-state index is -3.82. The number of benzene rings is 1. The Balaban J connectivity index is 2.11. The number of hydrogen-bond acceptors (Lipinski definition) is 3. The normalized spacial score (nSPS) is 24.3. The van der Waals surface area contributed by atoms with Crippen LogP contribution >= 0.6 is 0 Å². The van der Waals surface area contributed by atoms with Crippen LogP contribution in [0.3, 0.4) is 0 Å². The zero-order chi connectivity index (χ0) is 13.2. The molecule has 0 aromatic heterocycles. The minimum absolute atomic E-state index is 0.156. The van der Waals surface area contributed by atoms with E-state index in [0.29, 0.717) is 6.61 Å². The van der Waals surface area contributed by atoms with Crippen molar-refractivity contribution in [3.8, 4) is 0 Å². The monoisotopic (exact) mass is 273 g/mol. The van der Waals surface area contributed by atoms with Gasteiger partial charge in [0.2, 0.25) is 10.0 Å². The Labute approximate surface area is 106 Å². The first-order valence-corrected chi connectivity index (χ1v) is 7.29. The lowest BCUT2D eigenvalue weighted by Gasteiger charge is -2.23. The van der Waals surface area contributed by atoms with Gasteiger partial charge in [-0.3, -0.25) is 0 Å². The highest BCUT2D eigenvalue weighted by Gasteiger charge is 2.31. The molecule has 1 aliphatic heterocycles. The summed E-state index contributed by atoms with van der Waals surface area (Å²) < 4.78 is 45.2. The summed E-state index contributed by atoms with van der Waals surface area (Å²) in [6, 6.07) is 5.32. The van der Waals surface area contributed by atoms with Crippen molar-refractivity contribution < 1.29 is 17.5 Å². The van der Waals surface area contributed by atoms with E-state index in [4.69, 9.17) is 4.74 Å². The second-order valence-electron chi connectivity index (χ2n) is 4.66.